The van der Waals surface area contributed by atoms with E-state index in [4.69, 9.17) is 20.8 Å². The molecular weight excluding hydrogens is 491 g/mol. The SMILES string of the molecule is CC(C)(C)[Si](C)(C)OCC(Cn1ccc(-c2ccc(Oc3ncc(Cl)cc3F)cc2)n1)NC(=O)O. The number of carboxylic acid groups (broad SMARTS) is 1. The Hall–Kier alpha value is -2.95. The third-order valence-electron chi connectivity index (χ3n) is 5.97. The first-order chi connectivity index (χ1) is 16.3. The first-order valence-electron chi connectivity index (χ1n) is 11.1. The highest BCUT2D eigenvalue weighted by atomic mass is 35.5. The molecule has 2 heterocycles. The van der Waals surface area contributed by atoms with Crippen LogP contribution in [-0.4, -0.2) is 46.9 Å². The van der Waals surface area contributed by atoms with Gasteiger partial charge in [-0.25, -0.2) is 14.2 Å². The minimum Gasteiger partial charge on any atom is -0.465 e. The smallest absolute Gasteiger partial charge is 0.405 e. The molecule has 188 valence electrons. The Labute approximate surface area is 210 Å². The van der Waals surface area contributed by atoms with Crippen LogP contribution in [0.1, 0.15) is 20.8 Å². The van der Waals surface area contributed by atoms with Crippen molar-refractivity contribution < 1.29 is 23.5 Å². The molecule has 8 nitrogen and oxygen atoms in total. The summed E-state index contributed by atoms with van der Waals surface area (Å²) in [5, 5.41) is 16.6. The molecular formula is C24H30ClFN4O4Si. The summed E-state index contributed by atoms with van der Waals surface area (Å²) in [6, 6.07) is 9.48. The van der Waals surface area contributed by atoms with Gasteiger partial charge >= 0.3 is 6.09 Å². The molecule has 2 aromatic heterocycles. The largest absolute Gasteiger partial charge is 0.465 e. The Morgan fingerprint density at radius 1 is 1.26 bits per heavy atom. The molecule has 0 fully saturated rings. The van der Waals surface area contributed by atoms with Gasteiger partial charge in [-0.1, -0.05) is 32.4 Å². The quantitative estimate of drug-likeness (QED) is 0.326. The number of nitrogens with zero attached hydrogens (tertiary/aromatic N) is 3. The van der Waals surface area contributed by atoms with Gasteiger partial charge in [0, 0.05) is 18.0 Å². The van der Waals surface area contributed by atoms with Crippen LogP contribution in [0.15, 0.2) is 48.8 Å². The number of ether oxygens (including phenoxy) is 1. The normalized spacial score (nSPS) is 12.9. The zero-order valence-electron chi connectivity index (χ0n) is 20.4. The van der Waals surface area contributed by atoms with E-state index in [1.807, 2.05) is 6.07 Å². The zero-order valence-corrected chi connectivity index (χ0v) is 22.1. The van der Waals surface area contributed by atoms with Gasteiger partial charge < -0.3 is 19.6 Å². The summed E-state index contributed by atoms with van der Waals surface area (Å²) in [6.07, 6.45) is 1.99. The molecule has 11 heteroatoms. The first-order valence-corrected chi connectivity index (χ1v) is 14.4. The molecule has 3 rings (SSSR count). The van der Waals surface area contributed by atoms with Crippen LogP contribution in [0, 0.1) is 5.82 Å². The number of nitrogens with one attached hydrogen (secondary N) is 1. The number of aromatic nitrogens is 3. The van der Waals surface area contributed by atoms with E-state index in [-0.39, 0.29) is 22.5 Å². The fourth-order valence-corrected chi connectivity index (χ4v) is 4.16. The average molecular weight is 521 g/mol. The third-order valence-corrected chi connectivity index (χ3v) is 10.7. The van der Waals surface area contributed by atoms with Gasteiger partial charge in [0.25, 0.3) is 5.88 Å². The highest BCUT2D eigenvalue weighted by Gasteiger charge is 2.37. The summed E-state index contributed by atoms with van der Waals surface area (Å²) in [5.41, 5.74) is 1.52. The fourth-order valence-electron chi connectivity index (χ4n) is 2.97. The van der Waals surface area contributed by atoms with E-state index in [9.17, 15) is 14.3 Å². The Morgan fingerprint density at radius 2 is 1.94 bits per heavy atom. The van der Waals surface area contributed by atoms with Crippen molar-refractivity contribution in [1.29, 1.82) is 0 Å². The summed E-state index contributed by atoms with van der Waals surface area (Å²) >= 11 is 5.72. The Bertz CT molecular complexity index is 1170. The van der Waals surface area contributed by atoms with Gasteiger partial charge in [-0.3, -0.25) is 4.68 Å². The van der Waals surface area contributed by atoms with E-state index < -0.39 is 26.3 Å². The van der Waals surface area contributed by atoms with Gasteiger partial charge in [0.15, 0.2) is 14.1 Å². The average Bonchev–Trinajstić information content (AvgIpc) is 3.22. The number of rotatable bonds is 9. The predicted octanol–water partition coefficient (Wildman–Crippen LogP) is 6.19. The highest BCUT2D eigenvalue weighted by molar-refractivity contribution is 6.74. The maximum absolute atomic E-state index is 13.9. The second-order valence-corrected chi connectivity index (χ2v) is 15.0. The van der Waals surface area contributed by atoms with Crippen molar-refractivity contribution in [2.75, 3.05) is 6.61 Å². The molecule has 0 aliphatic carbocycles. The predicted molar refractivity (Wildman–Crippen MR) is 135 cm³/mol. The van der Waals surface area contributed by atoms with Gasteiger partial charge in [-0.15, -0.1) is 0 Å². The molecule has 1 aromatic carbocycles. The standard InChI is InChI=1S/C24H30ClFN4O4Si/c1-24(2,3)35(4,5)33-15-18(28-23(31)32)14-30-11-10-21(29-30)16-6-8-19(9-7-16)34-22-20(26)12-17(25)13-27-22/h6-13,18,28H,14-15H2,1-5H3,(H,31,32). The number of halogens is 2. The third kappa shape index (κ3) is 7.27. The van der Waals surface area contributed by atoms with Gasteiger partial charge in [-0.2, -0.15) is 5.10 Å². The minimum atomic E-state index is -2.03. The van der Waals surface area contributed by atoms with Crippen LogP contribution in [0.2, 0.25) is 23.2 Å². The van der Waals surface area contributed by atoms with Crippen LogP contribution in [-0.2, 0) is 11.0 Å². The molecule has 1 unspecified atom stereocenters. The summed E-state index contributed by atoms with van der Waals surface area (Å²) in [7, 11) is -2.03. The van der Waals surface area contributed by atoms with Crippen molar-refractivity contribution in [3.05, 3.63) is 59.6 Å². The molecule has 0 radical (unpaired) electrons. The van der Waals surface area contributed by atoms with E-state index in [0.717, 1.165) is 11.6 Å². The second kappa shape index (κ2) is 10.8. The lowest BCUT2D eigenvalue weighted by molar-refractivity contribution is 0.173. The molecule has 35 heavy (non-hydrogen) atoms. The molecule has 3 aromatic rings. The van der Waals surface area contributed by atoms with Crippen molar-refractivity contribution in [3.8, 4) is 22.9 Å². The van der Waals surface area contributed by atoms with E-state index in [1.54, 1.807) is 35.1 Å². The molecule has 0 aliphatic rings. The first kappa shape index (κ1) is 26.6. The van der Waals surface area contributed by atoms with E-state index >= 15 is 0 Å². The van der Waals surface area contributed by atoms with Gasteiger partial charge in [0.05, 0.1) is 29.9 Å². The fraction of sp³-hybridized carbons (Fsp3) is 0.375. The molecule has 0 saturated carbocycles. The molecule has 1 amide bonds. The second-order valence-electron chi connectivity index (χ2n) is 9.71. The summed E-state index contributed by atoms with van der Waals surface area (Å²) in [5.74, 6) is -0.402. The van der Waals surface area contributed by atoms with Crippen molar-refractivity contribution in [2.45, 2.75) is 51.5 Å². The zero-order chi connectivity index (χ0) is 25.8. The van der Waals surface area contributed by atoms with Crippen LogP contribution in [0.25, 0.3) is 11.3 Å². The number of pyridine rings is 1. The number of benzene rings is 1. The Balaban J connectivity index is 1.67. The number of amides is 1. The van der Waals surface area contributed by atoms with Crippen molar-refractivity contribution >= 4 is 26.0 Å². The van der Waals surface area contributed by atoms with Crippen molar-refractivity contribution in [2.24, 2.45) is 0 Å². The molecule has 0 saturated heterocycles. The van der Waals surface area contributed by atoms with Crippen LogP contribution < -0.4 is 10.1 Å². The van der Waals surface area contributed by atoms with Crippen molar-refractivity contribution in [1.82, 2.24) is 20.1 Å². The Morgan fingerprint density at radius 3 is 2.54 bits per heavy atom. The summed E-state index contributed by atoms with van der Waals surface area (Å²) in [6.45, 7) is 11.2. The monoisotopic (exact) mass is 520 g/mol. The topological polar surface area (TPSA) is 98.5 Å². The van der Waals surface area contributed by atoms with Gasteiger partial charge in [0.1, 0.15) is 5.75 Å². The van der Waals surface area contributed by atoms with Crippen LogP contribution in [0.3, 0.4) is 0 Å². The number of hydrogen-bond acceptors (Lipinski definition) is 5. The molecule has 0 bridgehead atoms. The van der Waals surface area contributed by atoms with E-state index in [1.165, 1.54) is 6.20 Å². The lowest BCUT2D eigenvalue weighted by Crippen LogP contribution is -2.47. The lowest BCUT2D eigenvalue weighted by Gasteiger charge is -2.37. The lowest BCUT2D eigenvalue weighted by atomic mass is 10.1. The van der Waals surface area contributed by atoms with E-state index in [0.29, 0.717) is 18.0 Å². The minimum absolute atomic E-state index is 0.0188. The molecule has 2 N–H and O–H groups in total. The number of carbonyl (C=O) groups is 1. The van der Waals surface area contributed by atoms with Gasteiger partial charge in [-0.05, 0) is 54.5 Å². The van der Waals surface area contributed by atoms with E-state index in [2.05, 4.69) is 49.3 Å². The van der Waals surface area contributed by atoms with Crippen molar-refractivity contribution in [3.63, 3.8) is 0 Å². The molecule has 0 spiro atoms. The van der Waals surface area contributed by atoms with Crippen LogP contribution in [0.4, 0.5) is 9.18 Å². The Kier molecular flexibility index (Phi) is 8.19. The van der Waals surface area contributed by atoms with Crippen LogP contribution in [0.5, 0.6) is 11.6 Å². The molecule has 1 atom stereocenters. The van der Waals surface area contributed by atoms with Gasteiger partial charge in [0.2, 0.25) is 0 Å². The highest BCUT2D eigenvalue weighted by Crippen LogP contribution is 2.36. The maximum Gasteiger partial charge on any atom is 0.405 e. The summed E-state index contributed by atoms with van der Waals surface area (Å²) in [4.78, 5) is 15.2. The maximum atomic E-state index is 13.9. The molecule has 0 aliphatic heterocycles. The number of hydrogen-bond donors (Lipinski definition) is 2. The summed E-state index contributed by atoms with van der Waals surface area (Å²) < 4.78 is 27.3. The van der Waals surface area contributed by atoms with Crippen LogP contribution >= 0.6 is 11.6 Å².